The standard InChI is InChI=1S/C20H27Cl2N3O4Si/c1-20(2,3)30(4,5)29-9-8-24-6-7-25-15(18(24)26)10-12-14(23-19(27)28)11-13(21)16(22)17(12)25/h10-11,23H,6-9H2,1-5H3,(H,27,28). The normalized spacial score (nSPS) is 14.9. The molecule has 0 fully saturated rings. The maximum atomic E-state index is 13.1. The fourth-order valence-electron chi connectivity index (χ4n) is 3.32. The zero-order chi connectivity index (χ0) is 22.4. The minimum atomic E-state index is -1.89. The maximum absolute atomic E-state index is 13.1. The number of rotatable bonds is 5. The third-order valence-corrected chi connectivity index (χ3v) is 11.4. The predicted molar refractivity (Wildman–Crippen MR) is 123 cm³/mol. The van der Waals surface area contributed by atoms with Crippen molar-refractivity contribution >= 4 is 60.1 Å². The number of fused-ring (bicyclic) bond motifs is 3. The molecule has 30 heavy (non-hydrogen) atoms. The van der Waals surface area contributed by atoms with Gasteiger partial charge in [-0.3, -0.25) is 10.1 Å². The van der Waals surface area contributed by atoms with E-state index in [9.17, 15) is 9.59 Å². The van der Waals surface area contributed by atoms with E-state index >= 15 is 0 Å². The number of hydrogen-bond donors (Lipinski definition) is 2. The molecule has 2 aromatic rings. The van der Waals surface area contributed by atoms with E-state index in [-0.39, 0.29) is 16.0 Å². The number of benzene rings is 1. The largest absolute Gasteiger partial charge is 0.465 e. The van der Waals surface area contributed by atoms with Crippen molar-refractivity contribution in [3.63, 3.8) is 0 Å². The molecule has 1 aromatic carbocycles. The molecule has 10 heteroatoms. The number of amides is 2. The summed E-state index contributed by atoms with van der Waals surface area (Å²) in [6.07, 6.45) is -1.21. The summed E-state index contributed by atoms with van der Waals surface area (Å²) in [5.74, 6) is -0.134. The molecule has 0 saturated carbocycles. The SMILES string of the molecule is CC(C)(C)[Si](C)(C)OCCN1CCn2c(cc3c(NC(=O)O)cc(Cl)c(Cl)c32)C1=O. The molecule has 0 bridgehead atoms. The molecule has 3 rings (SSSR count). The summed E-state index contributed by atoms with van der Waals surface area (Å²) in [4.78, 5) is 26.0. The Morgan fingerprint density at radius 2 is 1.93 bits per heavy atom. The first kappa shape index (κ1) is 22.9. The number of nitrogens with zero attached hydrogens (tertiary/aromatic N) is 2. The Balaban J connectivity index is 1.87. The van der Waals surface area contributed by atoms with Crippen LogP contribution in [0.5, 0.6) is 0 Å². The number of carbonyl (C=O) groups excluding carboxylic acids is 1. The van der Waals surface area contributed by atoms with Crippen molar-refractivity contribution in [1.29, 1.82) is 0 Å². The number of aromatic nitrogens is 1. The third-order valence-electron chi connectivity index (χ3n) is 6.05. The van der Waals surface area contributed by atoms with Gasteiger partial charge in [0, 0.05) is 25.0 Å². The molecule has 2 N–H and O–H groups in total. The van der Waals surface area contributed by atoms with E-state index in [0.717, 1.165) is 0 Å². The van der Waals surface area contributed by atoms with Crippen molar-refractivity contribution in [2.24, 2.45) is 0 Å². The fourth-order valence-corrected chi connectivity index (χ4v) is 4.82. The topological polar surface area (TPSA) is 83.8 Å². The van der Waals surface area contributed by atoms with E-state index in [1.807, 2.05) is 4.57 Å². The van der Waals surface area contributed by atoms with Crippen molar-refractivity contribution in [2.45, 2.75) is 45.4 Å². The van der Waals surface area contributed by atoms with Crippen LogP contribution in [0, 0.1) is 0 Å². The smallest absolute Gasteiger partial charge is 0.409 e. The highest BCUT2D eigenvalue weighted by Gasteiger charge is 2.37. The van der Waals surface area contributed by atoms with Gasteiger partial charge in [0.2, 0.25) is 0 Å². The Bertz CT molecular complexity index is 1010. The monoisotopic (exact) mass is 471 g/mol. The molecule has 0 aliphatic carbocycles. The van der Waals surface area contributed by atoms with Crippen molar-refractivity contribution in [1.82, 2.24) is 9.47 Å². The van der Waals surface area contributed by atoms with Crippen molar-refractivity contribution < 1.29 is 19.1 Å². The van der Waals surface area contributed by atoms with E-state index in [1.165, 1.54) is 6.07 Å². The predicted octanol–water partition coefficient (Wildman–Crippen LogP) is 5.52. The van der Waals surface area contributed by atoms with Crippen LogP contribution < -0.4 is 5.32 Å². The minimum absolute atomic E-state index is 0.106. The Hall–Kier alpha value is -1.74. The molecule has 0 spiro atoms. The summed E-state index contributed by atoms with van der Waals surface area (Å²) in [5.41, 5.74) is 1.32. The molecule has 1 aromatic heterocycles. The number of anilines is 1. The van der Waals surface area contributed by atoms with Crippen molar-refractivity contribution in [3.05, 3.63) is 27.9 Å². The highest BCUT2D eigenvalue weighted by Crippen LogP contribution is 2.39. The van der Waals surface area contributed by atoms with Crippen LogP contribution in [0.1, 0.15) is 31.3 Å². The van der Waals surface area contributed by atoms with Gasteiger partial charge >= 0.3 is 6.09 Å². The summed E-state index contributed by atoms with van der Waals surface area (Å²) >= 11 is 12.6. The highest BCUT2D eigenvalue weighted by atomic mass is 35.5. The second-order valence-corrected chi connectivity index (χ2v) is 14.6. The minimum Gasteiger partial charge on any atom is -0.465 e. The zero-order valence-corrected chi connectivity index (χ0v) is 20.3. The van der Waals surface area contributed by atoms with Crippen LogP contribution in [0.2, 0.25) is 28.2 Å². The lowest BCUT2D eigenvalue weighted by molar-refractivity contribution is 0.0674. The van der Waals surface area contributed by atoms with Crippen molar-refractivity contribution in [2.75, 3.05) is 25.0 Å². The van der Waals surface area contributed by atoms with Crippen LogP contribution >= 0.6 is 23.2 Å². The van der Waals surface area contributed by atoms with Gasteiger partial charge in [-0.2, -0.15) is 0 Å². The van der Waals surface area contributed by atoms with Crippen LogP contribution in [0.15, 0.2) is 12.1 Å². The van der Waals surface area contributed by atoms with Crippen LogP contribution in [0.3, 0.4) is 0 Å². The fraction of sp³-hybridized carbons (Fsp3) is 0.500. The molecule has 2 heterocycles. The molecule has 1 aliphatic rings. The average molecular weight is 472 g/mol. The highest BCUT2D eigenvalue weighted by molar-refractivity contribution is 6.74. The lowest BCUT2D eigenvalue weighted by Crippen LogP contribution is -2.45. The number of carboxylic acid groups (broad SMARTS) is 1. The summed E-state index contributed by atoms with van der Waals surface area (Å²) in [5, 5.41) is 12.6. The lowest BCUT2D eigenvalue weighted by Gasteiger charge is -2.37. The van der Waals surface area contributed by atoms with Crippen molar-refractivity contribution in [3.8, 4) is 0 Å². The Labute approximate surface area is 187 Å². The second-order valence-electron chi connectivity index (χ2n) is 8.99. The number of halogens is 2. The molecule has 0 saturated heterocycles. The molecular formula is C20H27Cl2N3O4Si. The Morgan fingerprint density at radius 1 is 1.27 bits per heavy atom. The average Bonchev–Trinajstić information content (AvgIpc) is 3.01. The molecule has 0 unspecified atom stereocenters. The van der Waals surface area contributed by atoms with Crippen LogP contribution in [-0.4, -0.2) is 54.6 Å². The van der Waals surface area contributed by atoms with Gasteiger partial charge in [-0.15, -0.1) is 0 Å². The van der Waals surface area contributed by atoms with E-state index in [1.54, 1.807) is 11.0 Å². The molecule has 0 radical (unpaired) electrons. The molecular weight excluding hydrogens is 445 g/mol. The zero-order valence-electron chi connectivity index (χ0n) is 17.8. The first-order valence-corrected chi connectivity index (χ1v) is 13.4. The Kier molecular flexibility index (Phi) is 6.17. The second kappa shape index (κ2) is 8.07. The van der Waals surface area contributed by atoms with Gasteiger partial charge in [0.1, 0.15) is 5.69 Å². The third kappa shape index (κ3) is 4.19. The summed E-state index contributed by atoms with van der Waals surface area (Å²) < 4.78 is 8.02. The van der Waals surface area contributed by atoms with Crippen LogP contribution in [0.4, 0.5) is 10.5 Å². The van der Waals surface area contributed by atoms with Gasteiger partial charge in [0.25, 0.3) is 5.91 Å². The first-order valence-electron chi connectivity index (χ1n) is 9.78. The van der Waals surface area contributed by atoms with Crippen LogP contribution in [0.25, 0.3) is 10.9 Å². The molecule has 7 nitrogen and oxygen atoms in total. The van der Waals surface area contributed by atoms with Gasteiger partial charge in [0.05, 0.1) is 27.9 Å². The molecule has 0 atom stereocenters. The van der Waals surface area contributed by atoms with Crippen LogP contribution in [-0.2, 0) is 11.0 Å². The van der Waals surface area contributed by atoms with E-state index in [0.29, 0.717) is 53.5 Å². The maximum Gasteiger partial charge on any atom is 0.409 e. The van der Waals surface area contributed by atoms with E-state index in [2.05, 4.69) is 39.2 Å². The first-order chi connectivity index (χ1) is 13.8. The summed E-state index contributed by atoms with van der Waals surface area (Å²) in [7, 11) is -1.89. The molecule has 2 amide bonds. The van der Waals surface area contributed by atoms with Gasteiger partial charge < -0.3 is 19.0 Å². The van der Waals surface area contributed by atoms with Gasteiger partial charge in [-0.25, -0.2) is 4.79 Å². The summed E-state index contributed by atoms with van der Waals surface area (Å²) in [6, 6.07) is 3.13. The van der Waals surface area contributed by atoms with E-state index in [4.69, 9.17) is 32.7 Å². The quantitative estimate of drug-likeness (QED) is 0.562. The lowest BCUT2D eigenvalue weighted by atomic mass is 10.2. The number of carbonyl (C=O) groups is 2. The number of nitrogens with one attached hydrogen (secondary N) is 1. The van der Waals surface area contributed by atoms with Gasteiger partial charge in [0.15, 0.2) is 8.32 Å². The number of hydrogen-bond acceptors (Lipinski definition) is 3. The summed E-state index contributed by atoms with van der Waals surface area (Å²) in [6.45, 7) is 13.0. The molecule has 1 aliphatic heterocycles. The Morgan fingerprint density at radius 3 is 2.53 bits per heavy atom. The van der Waals surface area contributed by atoms with E-state index < -0.39 is 14.4 Å². The van der Waals surface area contributed by atoms with Gasteiger partial charge in [-0.05, 0) is 30.3 Å². The van der Waals surface area contributed by atoms with Gasteiger partial charge in [-0.1, -0.05) is 44.0 Å². The molecule has 164 valence electrons.